The summed E-state index contributed by atoms with van der Waals surface area (Å²) >= 11 is 0. The van der Waals surface area contributed by atoms with Crippen LogP contribution in [0, 0.1) is 0 Å². The Labute approximate surface area is 35.0 Å². The fourth-order valence-electron chi connectivity index (χ4n) is 0.327. The first-order valence-electron chi connectivity index (χ1n) is 1.74. The molecule has 0 aromatic heterocycles. The summed E-state index contributed by atoms with van der Waals surface area (Å²) in [6, 6.07) is 0. The maximum absolute atomic E-state index is 9.86. The highest BCUT2D eigenvalue weighted by molar-refractivity contribution is 5.81. The lowest BCUT2D eigenvalue weighted by Gasteiger charge is -2.17. The molecule has 1 heterocycles. The predicted octanol–water partition coefficient (Wildman–Crippen LogP) is -0.737. The zero-order chi connectivity index (χ0) is 4.57. The van der Waals surface area contributed by atoms with Crippen LogP contribution in [0.25, 0.3) is 0 Å². The first-order valence-corrected chi connectivity index (χ1v) is 1.74. The van der Waals surface area contributed by atoms with Gasteiger partial charge in [0.25, 0.3) is 0 Å². The molecule has 1 N–H and O–H groups in total. The molecule has 0 saturated carbocycles. The average Bonchev–Trinajstić information content (AvgIpc) is 1.33. The third-order valence-electron chi connectivity index (χ3n) is 0.693. The molecule has 1 unspecified atom stereocenters. The van der Waals surface area contributed by atoms with E-state index in [2.05, 4.69) is 5.32 Å². The van der Waals surface area contributed by atoms with Gasteiger partial charge in [-0.3, -0.25) is 4.79 Å². The third kappa shape index (κ3) is 0.367. The van der Waals surface area contributed by atoms with Gasteiger partial charge in [0.2, 0.25) is 5.91 Å². The number of carbonyl (C=O) groups is 1. The Morgan fingerprint density at radius 1 is 1.83 bits per heavy atom. The van der Waals surface area contributed by atoms with Crippen molar-refractivity contribution in [2.75, 3.05) is 0 Å². The van der Waals surface area contributed by atoms with Gasteiger partial charge < -0.3 is 5.32 Å². The van der Waals surface area contributed by atoms with E-state index < -0.39 is 6.23 Å². The molecule has 0 aromatic carbocycles. The van der Waals surface area contributed by atoms with Crippen LogP contribution < -0.4 is 5.32 Å². The molecular weight excluding hydrogens is 82.0 g/mol. The van der Waals surface area contributed by atoms with E-state index in [1.807, 2.05) is 0 Å². The van der Waals surface area contributed by atoms with E-state index in [-0.39, 0.29) is 12.3 Å². The van der Waals surface area contributed by atoms with Crippen molar-refractivity contribution in [1.29, 1.82) is 0 Å². The van der Waals surface area contributed by atoms with Crippen molar-refractivity contribution in [3.05, 3.63) is 0 Å². The lowest BCUT2D eigenvalue weighted by molar-refractivity contribution is -0.140. The summed E-state index contributed by atoms with van der Waals surface area (Å²) in [6.07, 6.45) is -0.641. The molecule has 33 valence electrons. The summed E-state index contributed by atoms with van der Waals surface area (Å²) in [5, 5.41) is 12.0. The number of nitrogens with one attached hydrogen (secondary N) is 1. The SMILES string of the molecule is [O]C1CC(=O)N1. The van der Waals surface area contributed by atoms with Gasteiger partial charge in [0.15, 0.2) is 6.23 Å². The molecule has 1 amide bonds. The minimum Gasteiger partial charge on any atom is -0.328 e. The molecule has 1 fully saturated rings. The summed E-state index contributed by atoms with van der Waals surface area (Å²) in [4.78, 5) is 9.80. The number of β-lactam (4-membered cyclic amide) rings is 1. The summed E-state index contributed by atoms with van der Waals surface area (Å²) in [6.45, 7) is 0. The maximum Gasteiger partial charge on any atom is 0.226 e. The number of amides is 1. The second-order valence-electron chi connectivity index (χ2n) is 1.26. The molecule has 0 aromatic rings. The Morgan fingerprint density at radius 2 is 2.33 bits per heavy atom. The smallest absolute Gasteiger partial charge is 0.226 e. The topological polar surface area (TPSA) is 49.0 Å². The van der Waals surface area contributed by atoms with Crippen LogP contribution in [-0.4, -0.2) is 12.1 Å². The molecule has 6 heavy (non-hydrogen) atoms. The molecule has 3 heteroatoms. The normalized spacial score (nSPS) is 31.5. The van der Waals surface area contributed by atoms with Gasteiger partial charge in [-0.15, -0.1) is 0 Å². The van der Waals surface area contributed by atoms with Gasteiger partial charge in [0, 0.05) is 0 Å². The summed E-state index contributed by atoms with van der Waals surface area (Å²) in [5.41, 5.74) is 0. The van der Waals surface area contributed by atoms with Gasteiger partial charge >= 0.3 is 0 Å². The van der Waals surface area contributed by atoms with Gasteiger partial charge in [0.05, 0.1) is 6.42 Å². The fraction of sp³-hybridized carbons (Fsp3) is 0.667. The first kappa shape index (κ1) is 3.61. The monoisotopic (exact) mass is 86.0 g/mol. The highest BCUT2D eigenvalue weighted by atomic mass is 16.3. The van der Waals surface area contributed by atoms with Crippen LogP contribution in [0.15, 0.2) is 0 Å². The largest absolute Gasteiger partial charge is 0.328 e. The molecule has 1 aliphatic rings. The molecule has 0 aliphatic carbocycles. The molecule has 1 aliphatic heterocycles. The lowest BCUT2D eigenvalue weighted by atomic mass is 10.2. The molecule has 1 rings (SSSR count). The number of hydrogen-bond donors (Lipinski definition) is 1. The summed E-state index contributed by atoms with van der Waals surface area (Å²) in [5.74, 6) is -0.130. The van der Waals surface area contributed by atoms with Crippen LogP contribution in [0.5, 0.6) is 0 Å². The van der Waals surface area contributed by atoms with Gasteiger partial charge in [-0.25, -0.2) is 5.11 Å². The van der Waals surface area contributed by atoms with Gasteiger partial charge in [0.1, 0.15) is 0 Å². The van der Waals surface area contributed by atoms with Gasteiger partial charge in [-0.05, 0) is 0 Å². The van der Waals surface area contributed by atoms with E-state index in [0.717, 1.165) is 0 Å². The summed E-state index contributed by atoms with van der Waals surface area (Å²) in [7, 11) is 0. The molecule has 3 nitrogen and oxygen atoms in total. The Bertz CT molecular complexity index is 72.9. The second-order valence-corrected chi connectivity index (χ2v) is 1.26. The Hall–Kier alpha value is -0.570. The molecular formula is C3H4NO2. The van der Waals surface area contributed by atoms with E-state index in [0.29, 0.717) is 0 Å². The standard InChI is InChI=1S/C3H4NO2/c5-2-1-3(6)4-2/h2H,1H2,(H,4,6). The highest BCUT2D eigenvalue weighted by Gasteiger charge is 2.23. The van der Waals surface area contributed by atoms with Crippen molar-refractivity contribution >= 4 is 5.91 Å². The predicted molar refractivity (Wildman–Crippen MR) is 17.2 cm³/mol. The van der Waals surface area contributed by atoms with E-state index in [9.17, 15) is 9.90 Å². The lowest BCUT2D eigenvalue weighted by Crippen LogP contribution is -2.47. The minimum absolute atomic E-state index is 0.130. The number of hydrogen-bond acceptors (Lipinski definition) is 1. The fourth-order valence-corrected chi connectivity index (χ4v) is 0.327. The number of rotatable bonds is 0. The quantitative estimate of drug-likeness (QED) is 0.388. The van der Waals surface area contributed by atoms with Crippen molar-refractivity contribution in [1.82, 2.24) is 5.32 Å². The van der Waals surface area contributed by atoms with Crippen LogP contribution in [0.2, 0.25) is 0 Å². The van der Waals surface area contributed by atoms with Gasteiger partial charge in [-0.2, -0.15) is 0 Å². The second kappa shape index (κ2) is 0.944. The van der Waals surface area contributed by atoms with Crippen molar-refractivity contribution in [2.24, 2.45) is 0 Å². The zero-order valence-electron chi connectivity index (χ0n) is 3.10. The Balaban J connectivity index is 2.28. The zero-order valence-corrected chi connectivity index (χ0v) is 3.10. The first-order chi connectivity index (χ1) is 2.79. The van der Waals surface area contributed by atoms with Gasteiger partial charge in [-0.1, -0.05) is 0 Å². The third-order valence-corrected chi connectivity index (χ3v) is 0.693. The minimum atomic E-state index is -0.808. The molecule has 0 spiro atoms. The molecule has 1 saturated heterocycles. The van der Waals surface area contributed by atoms with Crippen molar-refractivity contribution in [3.63, 3.8) is 0 Å². The van der Waals surface area contributed by atoms with Crippen molar-refractivity contribution in [3.8, 4) is 0 Å². The van der Waals surface area contributed by atoms with E-state index >= 15 is 0 Å². The number of carbonyl (C=O) groups excluding carboxylic acids is 1. The van der Waals surface area contributed by atoms with E-state index in [4.69, 9.17) is 0 Å². The summed E-state index contributed by atoms with van der Waals surface area (Å²) < 4.78 is 0. The molecule has 1 atom stereocenters. The van der Waals surface area contributed by atoms with Crippen molar-refractivity contribution in [2.45, 2.75) is 12.6 Å². The van der Waals surface area contributed by atoms with E-state index in [1.54, 1.807) is 0 Å². The Morgan fingerprint density at radius 3 is 2.33 bits per heavy atom. The Kier molecular flexibility index (Phi) is 0.569. The van der Waals surface area contributed by atoms with Crippen LogP contribution in [0.4, 0.5) is 0 Å². The molecule has 1 radical (unpaired) electrons. The van der Waals surface area contributed by atoms with Crippen LogP contribution >= 0.6 is 0 Å². The highest BCUT2D eigenvalue weighted by Crippen LogP contribution is 1.97. The van der Waals surface area contributed by atoms with Crippen LogP contribution in [-0.2, 0) is 9.90 Å². The maximum atomic E-state index is 9.86. The van der Waals surface area contributed by atoms with E-state index in [1.165, 1.54) is 0 Å². The van der Waals surface area contributed by atoms with Crippen LogP contribution in [0.1, 0.15) is 6.42 Å². The average molecular weight is 86.1 g/mol. The van der Waals surface area contributed by atoms with Crippen molar-refractivity contribution < 1.29 is 9.90 Å². The van der Waals surface area contributed by atoms with Crippen LogP contribution in [0.3, 0.4) is 0 Å². The molecule has 0 bridgehead atoms.